The lowest BCUT2D eigenvalue weighted by Crippen LogP contribution is -2.31. The van der Waals surface area contributed by atoms with Gasteiger partial charge in [-0.15, -0.1) is 0 Å². The monoisotopic (exact) mass is 269 g/mol. The second-order valence-corrected chi connectivity index (χ2v) is 5.92. The number of rotatable bonds is 4. The zero-order valence-electron chi connectivity index (χ0n) is 10.1. The first-order valence-electron chi connectivity index (χ1n) is 5.67. The second kappa shape index (κ2) is 5.07. The van der Waals surface area contributed by atoms with Crippen LogP contribution in [0.4, 0.5) is 0 Å². The van der Waals surface area contributed by atoms with Crippen LogP contribution in [0.15, 0.2) is 30.3 Å². The molecular formula is C12H15NO4S. The molecule has 1 aromatic rings. The molecule has 1 aliphatic heterocycles. The number of hydrogen-bond donors (Lipinski definition) is 0. The summed E-state index contributed by atoms with van der Waals surface area (Å²) in [7, 11) is -3.58. The maximum absolute atomic E-state index is 11.9. The van der Waals surface area contributed by atoms with Gasteiger partial charge in [-0.2, -0.15) is 8.42 Å². The zero-order valence-corrected chi connectivity index (χ0v) is 10.9. The van der Waals surface area contributed by atoms with Gasteiger partial charge in [-0.05, 0) is 5.56 Å². The maximum Gasteiger partial charge on any atom is 0.265 e. The summed E-state index contributed by atoms with van der Waals surface area (Å²) in [5, 5.41) is 0. The third-order valence-corrected chi connectivity index (χ3v) is 3.34. The van der Waals surface area contributed by atoms with Crippen molar-refractivity contribution < 1.29 is 17.4 Å². The van der Waals surface area contributed by atoms with E-state index in [0.29, 0.717) is 19.5 Å². The average molecular weight is 269 g/mol. The Kier molecular flexibility index (Phi) is 3.68. The highest BCUT2D eigenvalue weighted by atomic mass is 32.2. The first kappa shape index (κ1) is 13.0. The van der Waals surface area contributed by atoms with Gasteiger partial charge < -0.3 is 4.90 Å². The molecule has 6 heteroatoms. The summed E-state index contributed by atoms with van der Waals surface area (Å²) in [4.78, 5) is 13.5. The molecule has 0 bridgehead atoms. The van der Waals surface area contributed by atoms with Crippen molar-refractivity contribution in [3.63, 3.8) is 0 Å². The number of hydrogen-bond acceptors (Lipinski definition) is 4. The SMILES string of the molecule is CS(=O)(=O)O[C@H]1CCN(Cc2ccccc2)C1=O. The van der Waals surface area contributed by atoms with Crippen LogP contribution in [0, 0.1) is 0 Å². The average Bonchev–Trinajstić information content (AvgIpc) is 2.61. The second-order valence-electron chi connectivity index (χ2n) is 4.32. The van der Waals surface area contributed by atoms with Crippen LogP contribution < -0.4 is 0 Å². The lowest BCUT2D eigenvalue weighted by atomic mass is 10.2. The summed E-state index contributed by atoms with van der Waals surface area (Å²) in [5.74, 6) is -0.260. The third kappa shape index (κ3) is 3.30. The van der Waals surface area contributed by atoms with Crippen molar-refractivity contribution >= 4 is 16.0 Å². The van der Waals surface area contributed by atoms with Crippen LogP contribution in [-0.2, 0) is 25.6 Å². The lowest BCUT2D eigenvalue weighted by molar-refractivity contribution is -0.133. The Morgan fingerprint density at radius 1 is 1.33 bits per heavy atom. The van der Waals surface area contributed by atoms with E-state index in [1.165, 1.54) is 0 Å². The topological polar surface area (TPSA) is 63.7 Å². The highest BCUT2D eigenvalue weighted by molar-refractivity contribution is 7.86. The van der Waals surface area contributed by atoms with Crippen LogP contribution >= 0.6 is 0 Å². The van der Waals surface area contributed by atoms with Gasteiger partial charge in [0.15, 0.2) is 6.10 Å². The molecule has 98 valence electrons. The van der Waals surface area contributed by atoms with E-state index in [9.17, 15) is 13.2 Å². The predicted molar refractivity (Wildman–Crippen MR) is 66.2 cm³/mol. The number of benzene rings is 1. The highest BCUT2D eigenvalue weighted by Gasteiger charge is 2.34. The van der Waals surface area contributed by atoms with Gasteiger partial charge in [0.2, 0.25) is 0 Å². The van der Waals surface area contributed by atoms with Crippen LogP contribution in [-0.4, -0.2) is 38.1 Å². The fraction of sp³-hybridized carbons (Fsp3) is 0.417. The normalized spacial score (nSPS) is 20.4. The van der Waals surface area contributed by atoms with E-state index in [-0.39, 0.29) is 5.91 Å². The molecule has 0 N–H and O–H groups in total. The Morgan fingerprint density at radius 3 is 2.61 bits per heavy atom. The molecule has 2 rings (SSSR count). The fourth-order valence-electron chi connectivity index (χ4n) is 1.97. The molecule has 0 radical (unpaired) electrons. The van der Waals surface area contributed by atoms with Gasteiger partial charge in [-0.3, -0.25) is 8.98 Å². The van der Waals surface area contributed by atoms with E-state index in [0.717, 1.165) is 11.8 Å². The molecule has 18 heavy (non-hydrogen) atoms. The molecular weight excluding hydrogens is 254 g/mol. The Morgan fingerprint density at radius 2 is 2.00 bits per heavy atom. The lowest BCUT2D eigenvalue weighted by Gasteiger charge is -2.16. The summed E-state index contributed by atoms with van der Waals surface area (Å²) in [6.07, 6.45) is 0.516. The molecule has 1 fully saturated rings. The van der Waals surface area contributed by atoms with Gasteiger partial charge >= 0.3 is 0 Å². The van der Waals surface area contributed by atoms with E-state index >= 15 is 0 Å². The summed E-state index contributed by atoms with van der Waals surface area (Å²) >= 11 is 0. The molecule has 1 amide bonds. The number of amides is 1. The first-order valence-corrected chi connectivity index (χ1v) is 7.48. The summed E-state index contributed by atoms with van der Waals surface area (Å²) in [5.41, 5.74) is 1.02. The van der Waals surface area contributed by atoms with Gasteiger partial charge in [0, 0.05) is 19.5 Å². The van der Waals surface area contributed by atoms with Gasteiger partial charge in [-0.25, -0.2) is 0 Å². The molecule has 0 spiro atoms. The molecule has 0 aliphatic carbocycles. The van der Waals surface area contributed by atoms with E-state index in [2.05, 4.69) is 0 Å². The van der Waals surface area contributed by atoms with E-state index in [1.807, 2.05) is 30.3 Å². The van der Waals surface area contributed by atoms with Crippen molar-refractivity contribution in [1.82, 2.24) is 4.90 Å². The Hall–Kier alpha value is -1.40. The van der Waals surface area contributed by atoms with Gasteiger partial charge in [0.25, 0.3) is 16.0 Å². The number of carbonyl (C=O) groups is 1. The van der Waals surface area contributed by atoms with Crippen molar-refractivity contribution in [1.29, 1.82) is 0 Å². The molecule has 1 heterocycles. The number of carbonyl (C=O) groups excluding carboxylic acids is 1. The number of nitrogens with zero attached hydrogens (tertiary/aromatic N) is 1. The van der Waals surface area contributed by atoms with Crippen molar-refractivity contribution in [3.05, 3.63) is 35.9 Å². The minimum absolute atomic E-state index is 0.260. The van der Waals surface area contributed by atoms with E-state index < -0.39 is 16.2 Å². The quantitative estimate of drug-likeness (QED) is 0.757. The van der Waals surface area contributed by atoms with Crippen LogP contribution in [0.5, 0.6) is 0 Å². The molecule has 1 atom stereocenters. The molecule has 0 unspecified atom stereocenters. The van der Waals surface area contributed by atoms with Crippen molar-refractivity contribution in [3.8, 4) is 0 Å². The van der Waals surface area contributed by atoms with Gasteiger partial charge in [0.1, 0.15) is 0 Å². The molecule has 1 aliphatic rings. The van der Waals surface area contributed by atoms with Crippen LogP contribution in [0.3, 0.4) is 0 Å². The summed E-state index contributed by atoms with van der Waals surface area (Å²) in [6, 6.07) is 9.57. The van der Waals surface area contributed by atoms with Gasteiger partial charge in [0.05, 0.1) is 6.26 Å². The zero-order chi connectivity index (χ0) is 13.2. The molecule has 0 saturated carbocycles. The number of likely N-dealkylation sites (tertiary alicyclic amines) is 1. The minimum atomic E-state index is -3.58. The largest absolute Gasteiger partial charge is 0.336 e. The van der Waals surface area contributed by atoms with Gasteiger partial charge in [-0.1, -0.05) is 30.3 Å². The standard InChI is InChI=1S/C12H15NO4S/c1-18(15,16)17-11-7-8-13(12(11)14)9-10-5-3-2-4-6-10/h2-6,11H,7-9H2,1H3/t11-/m0/s1. The van der Waals surface area contributed by atoms with Crippen molar-refractivity contribution in [2.24, 2.45) is 0 Å². The molecule has 5 nitrogen and oxygen atoms in total. The Balaban J connectivity index is 2.00. The van der Waals surface area contributed by atoms with E-state index in [4.69, 9.17) is 4.18 Å². The molecule has 1 aromatic carbocycles. The highest BCUT2D eigenvalue weighted by Crippen LogP contribution is 2.18. The minimum Gasteiger partial charge on any atom is -0.336 e. The van der Waals surface area contributed by atoms with Crippen LogP contribution in [0.2, 0.25) is 0 Å². The Labute approximate surface area is 106 Å². The fourth-order valence-corrected chi connectivity index (χ4v) is 2.57. The predicted octanol–water partition coefficient (Wildman–Crippen LogP) is 0.764. The van der Waals surface area contributed by atoms with Crippen molar-refractivity contribution in [2.45, 2.75) is 19.1 Å². The van der Waals surface area contributed by atoms with Crippen LogP contribution in [0.1, 0.15) is 12.0 Å². The third-order valence-electron chi connectivity index (χ3n) is 2.76. The summed E-state index contributed by atoms with van der Waals surface area (Å²) < 4.78 is 26.8. The maximum atomic E-state index is 11.9. The molecule has 0 aromatic heterocycles. The van der Waals surface area contributed by atoms with Crippen molar-refractivity contribution in [2.75, 3.05) is 12.8 Å². The first-order chi connectivity index (χ1) is 8.46. The smallest absolute Gasteiger partial charge is 0.265 e. The molecule has 1 saturated heterocycles. The van der Waals surface area contributed by atoms with E-state index in [1.54, 1.807) is 4.90 Å². The van der Waals surface area contributed by atoms with Crippen LogP contribution in [0.25, 0.3) is 0 Å². The summed E-state index contributed by atoms with van der Waals surface area (Å²) in [6.45, 7) is 1.01. The Bertz CT molecular complexity index is 526.